The number of nitrogens with two attached hydrogens (primary N) is 1. The van der Waals surface area contributed by atoms with Crippen LogP contribution in [-0.4, -0.2) is 25.5 Å². The molecule has 1 unspecified atom stereocenters. The minimum Gasteiger partial charge on any atom is -0.465 e. The maximum absolute atomic E-state index is 12.2. The van der Waals surface area contributed by atoms with Gasteiger partial charge in [-0.15, -0.1) is 0 Å². The van der Waals surface area contributed by atoms with E-state index in [2.05, 4.69) is 10.1 Å². The Labute approximate surface area is 123 Å². The minimum absolute atomic E-state index is 0.226. The third-order valence-electron chi connectivity index (χ3n) is 3.41. The van der Waals surface area contributed by atoms with Crippen LogP contribution in [0.1, 0.15) is 30.6 Å². The number of hydrogen-bond donors (Lipinski definition) is 2. The average molecular weight is 299 g/mol. The van der Waals surface area contributed by atoms with Gasteiger partial charge in [0, 0.05) is 6.54 Å². The molecule has 5 nitrogen and oxygen atoms in total. The quantitative estimate of drug-likeness (QED) is 0.818. The summed E-state index contributed by atoms with van der Waals surface area (Å²) >= 11 is 6.03. The highest BCUT2D eigenvalue weighted by Gasteiger charge is 2.30. The molecular formula is C14H19ClN2O3. The van der Waals surface area contributed by atoms with Gasteiger partial charge < -0.3 is 15.8 Å². The highest BCUT2D eigenvalue weighted by molar-refractivity contribution is 6.34. The Morgan fingerprint density at radius 3 is 2.60 bits per heavy atom. The van der Waals surface area contributed by atoms with E-state index in [0.29, 0.717) is 22.7 Å². The second-order valence-corrected chi connectivity index (χ2v) is 5.17. The number of anilines is 1. The van der Waals surface area contributed by atoms with E-state index >= 15 is 0 Å². The average Bonchev–Trinajstić information content (AvgIpc) is 2.47. The molecule has 0 aliphatic carbocycles. The van der Waals surface area contributed by atoms with E-state index in [9.17, 15) is 9.59 Å². The molecule has 3 N–H and O–H groups in total. The largest absolute Gasteiger partial charge is 0.465 e. The molecule has 0 aromatic heterocycles. The molecular weight excluding hydrogens is 280 g/mol. The van der Waals surface area contributed by atoms with Gasteiger partial charge >= 0.3 is 5.97 Å². The molecule has 0 saturated carbocycles. The normalized spacial score (nSPS) is 13.4. The van der Waals surface area contributed by atoms with Crippen LogP contribution in [0.4, 0.5) is 5.69 Å². The third kappa shape index (κ3) is 3.49. The molecule has 0 bridgehead atoms. The van der Waals surface area contributed by atoms with Gasteiger partial charge in [0.1, 0.15) is 0 Å². The van der Waals surface area contributed by atoms with Crippen molar-refractivity contribution in [2.45, 2.75) is 20.3 Å². The zero-order valence-electron chi connectivity index (χ0n) is 11.8. The first-order valence-corrected chi connectivity index (χ1v) is 6.65. The number of esters is 1. The Hall–Kier alpha value is -1.59. The van der Waals surface area contributed by atoms with E-state index in [0.717, 1.165) is 0 Å². The van der Waals surface area contributed by atoms with Crippen molar-refractivity contribution >= 4 is 29.2 Å². The molecule has 0 aliphatic heterocycles. The first-order chi connectivity index (χ1) is 9.37. The summed E-state index contributed by atoms with van der Waals surface area (Å²) in [6, 6.07) is 4.56. The van der Waals surface area contributed by atoms with Crippen molar-refractivity contribution in [1.82, 2.24) is 0 Å². The van der Waals surface area contributed by atoms with Crippen LogP contribution in [0.3, 0.4) is 0 Å². The monoisotopic (exact) mass is 298 g/mol. The third-order valence-corrected chi connectivity index (χ3v) is 3.74. The maximum Gasteiger partial charge on any atom is 0.337 e. The van der Waals surface area contributed by atoms with Crippen LogP contribution in [0.5, 0.6) is 0 Å². The lowest BCUT2D eigenvalue weighted by atomic mass is 9.86. The number of nitrogens with one attached hydrogen (secondary N) is 1. The molecule has 1 amide bonds. The first kappa shape index (κ1) is 16.5. The van der Waals surface area contributed by atoms with E-state index in [1.165, 1.54) is 25.3 Å². The fraction of sp³-hybridized carbons (Fsp3) is 0.429. The summed E-state index contributed by atoms with van der Waals surface area (Å²) in [4.78, 5) is 23.7. The van der Waals surface area contributed by atoms with Crippen molar-refractivity contribution < 1.29 is 14.3 Å². The molecule has 6 heteroatoms. The van der Waals surface area contributed by atoms with Gasteiger partial charge in [-0.1, -0.05) is 18.5 Å². The van der Waals surface area contributed by atoms with E-state index in [1.54, 1.807) is 6.92 Å². The summed E-state index contributed by atoms with van der Waals surface area (Å²) in [5.74, 6) is -0.722. The summed E-state index contributed by atoms with van der Waals surface area (Å²) in [6.45, 7) is 3.89. The number of carbonyl (C=O) groups excluding carboxylic acids is 2. The van der Waals surface area contributed by atoms with Gasteiger partial charge in [0.15, 0.2) is 0 Å². The second-order valence-electron chi connectivity index (χ2n) is 4.76. The van der Waals surface area contributed by atoms with Gasteiger partial charge in [-0.25, -0.2) is 4.79 Å². The van der Waals surface area contributed by atoms with E-state index in [4.69, 9.17) is 17.3 Å². The Balaban J connectivity index is 3.03. The topological polar surface area (TPSA) is 81.4 Å². The number of benzene rings is 1. The van der Waals surface area contributed by atoms with E-state index in [1.807, 2.05) is 6.92 Å². The zero-order chi connectivity index (χ0) is 15.3. The van der Waals surface area contributed by atoms with Gasteiger partial charge in [0.25, 0.3) is 0 Å². The molecule has 0 radical (unpaired) electrons. The summed E-state index contributed by atoms with van der Waals surface area (Å²) in [6.07, 6.45) is 0.601. The number of rotatable bonds is 5. The Kier molecular flexibility index (Phi) is 5.53. The van der Waals surface area contributed by atoms with Crippen LogP contribution >= 0.6 is 11.6 Å². The van der Waals surface area contributed by atoms with Crippen molar-refractivity contribution in [2.75, 3.05) is 19.0 Å². The number of hydrogen-bond acceptors (Lipinski definition) is 4. The van der Waals surface area contributed by atoms with Crippen LogP contribution in [0, 0.1) is 5.41 Å². The molecule has 1 rings (SSSR count). The Morgan fingerprint density at radius 1 is 1.45 bits per heavy atom. The van der Waals surface area contributed by atoms with Crippen molar-refractivity contribution in [3.63, 3.8) is 0 Å². The van der Waals surface area contributed by atoms with Gasteiger partial charge in [-0.3, -0.25) is 4.79 Å². The molecule has 110 valence electrons. The number of methoxy groups -OCH3 is 1. The van der Waals surface area contributed by atoms with Crippen LogP contribution in [-0.2, 0) is 9.53 Å². The Bertz CT molecular complexity index is 513. The molecule has 1 aromatic carbocycles. The molecule has 0 aliphatic rings. The van der Waals surface area contributed by atoms with Gasteiger partial charge in [-0.2, -0.15) is 0 Å². The molecule has 1 atom stereocenters. The van der Waals surface area contributed by atoms with Crippen LogP contribution in [0.15, 0.2) is 18.2 Å². The SMILES string of the molecule is CCC(C)(CN)C(=O)Nc1cc(C(=O)OC)ccc1Cl. The summed E-state index contributed by atoms with van der Waals surface area (Å²) < 4.78 is 4.63. The lowest BCUT2D eigenvalue weighted by Crippen LogP contribution is -2.39. The van der Waals surface area contributed by atoms with Crippen LogP contribution in [0.25, 0.3) is 0 Å². The Morgan fingerprint density at radius 2 is 2.10 bits per heavy atom. The fourth-order valence-electron chi connectivity index (χ4n) is 1.54. The van der Waals surface area contributed by atoms with Crippen molar-refractivity contribution in [3.8, 4) is 0 Å². The lowest BCUT2D eigenvalue weighted by Gasteiger charge is -2.25. The molecule has 0 saturated heterocycles. The fourth-order valence-corrected chi connectivity index (χ4v) is 1.70. The number of halogens is 1. The van der Waals surface area contributed by atoms with Crippen molar-refractivity contribution in [3.05, 3.63) is 28.8 Å². The second kappa shape index (κ2) is 6.72. The van der Waals surface area contributed by atoms with Gasteiger partial charge in [0.05, 0.1) is 28.8 Å². The molecule has 0 heterocycles. The molecule has 1 aromatic rings. The van der Waals surface area contributed by atoms with Crippen LogP contribution < -0.4 is 11.1 Å². The summed E-state index contributed by atoms with van der Waals surface area (Å²) in [5.41, 5.74) is 5.65. The molecule has 0 spiro atoms. The van der Waals surface area contributed by atoms with Crippen LogP contribution in [0.2, 0.25) is 5.02 Å². The van der Waals surface area contributed by atoms with Gasteiger partial charge in [-0.05, 0) is 31.5 Å². The van der Waals surface area contributed by atoms with E-state index in [-0.39, 0.29) is 12.5 Å². The summed E-state index contributed by atoms with van der Waals surface area (Å²) in [7, 11) is 1.29. The lowest BCUT2D eigenvalue weighted by molar-refractivity contribution is -0.124. The van der Waals surface area contributed by atoms with E-state index < -0.39 is 11.4 Å². The maximum atomic E-state index is 12.2. The highest BCUT2D eigenvalue weighted by Crippen LogP contribution is 2.27. The van der Waals surface area contributed by atoms with Crippen molar-refractivity contribution in [2.24, 2.45) is 11.1 Å². The summed E-state index contributed by atoms with van der Waals surface area (Å²) in [5, 5.41) is 3.06. The molecule has 20 heavy (non-hydrogen) atoms. The smallest absolute Gasteiger partial charge is 0.337 e. The number of carbonyl (C=O) groups is 2. The van der Waals surface area contributed by atoms with Gasteiger partial charge in [0.2, 0.25) is 5.91 Å². The predicted octanol–water partition coefficient (Wildman–Crippen LogP) is 2.44. The standard InChI is InChI=1S/C14H19ClN2O3/c1-4-14(2,8-16)13(19)17-11-7-9(12(18)20-3)5-6-10(11)15/h5-7H,4,8,16H2,1-3H3,(H,17,19). The van der Waals surface area contributed by atoms with Crippen molar-refractivity contribution in [1.29, 1.82) is 0 Å². The number of ether oxygens (including phenoxy) is 1. The first-order valence-electron chi connectivity index (χ1n) is 6.27. The number of amides is 1. The highest BCUT2D eigenvalue weighted by atomic mass is 35.5. The zero-order valence-corrected chi connectivity index (χ0v) is 12.6. The molecule has 0 fully saturated rings. The minimum atomic E-state index is -0.676. The predicted molar refractivity (Wildman–Crippen MR) is 78.9 cm³/mol.